The quantitative estimate of drug-likeness (QED) is 0.362. The van der Waals surface area contributed by atoms with Gasteiger partial charge in [0.05, 0.1) is 0 Å². The highest BCUT2D eigenvalue weighted by Crippen LogP contribution is 2.40. The predicted octanol–water partition coefficient (Wildman–Crippen LogP) is 5.52. The SMILES string of the molecule is CN(Cc1ccc(-c2nccnc2NS(=O)(=O)c2cccs2)cc1)c1ccc(C2CC2)cc1. The van der Waals surface area contributed by atoms with Crippen LogP contribution in [-0.4, -0.2) is 25.4 Å². The fourth-order valence-corrected chi connectivity index (χ4v) is 5.78. The molecule has 0 saturated heterocycles. The molecule has 0 bridgehead atoms. The molecule has 6 nitrogen and oxygen atoms in total. The van der Waals surface area contributed by atoms with Gasteiger partial charge in [0, 0.05) is 37.2 Å². The van der Waals surface area contributed by atoms with Crippen LogP contribution in [0.3, 0.4) is 0 Å². The van der Waals surface area contributed by atoms with Crippen molar-refractivity contribution in [2.45, 2.75) is 29.5 Å². The summed E-state index contributed by atoms with van der Waals surface area (Å²) in [5.74, 6) is 0.976. The highest BCUT2D eigenvalue weighted by molar-refractivity contribution is 7.94. The maximum absolute atomic E-state index is 12.6. The van der Waals surface area contributed by atoms with Gasteiger partial charge in [0.2, 0.25) is 0 Å². The molecular weight excluding hydrogens is 452 g/mol. The largest absolute Gasteiger partial charge is 0.370 e. The number of benzene rings is 2. The van der Waals surface area contributed by atoms with E-state index in [0.717, 1.165) is 34.9 Å². The first kappa shape index (κ1) is 21.6. The third-order valence-corrected chi connectivity index (χ3v) is 8.46. The van der Waals surface area contributed by atoms with E-state index in [1.165, 1.54) is 30.3 Å². The number of sulfonamides is 1. The predicted molar refractivity (Wildman–Crippen MR) is 133 cm³/mol. The van der Waals surface area contributed by atoms with E-state index in [1.54, 1.807) is 23.7 Å². The molecule has 33 heavy (non-hydrogen) atoms. The second-order valence-electron chi connectivity index (χ2n) is 8.21. The van der Waals surface area contributed by atoms with E-state index in [2.05, 4.69) is 50.9 Å². The first-order valence-corrected chi connectivity index (χ1v) is 13.1. The number of hydrogen-bond donors (Lipinski definition) is 1. The van der Waals surface area contributed by atoms with Crippen molar-refractivity contribution in [1.29, 1.82) is 0 Å². The Morgan fingerprint density at radius 3 is 2.39 bits per heavy atom. The highest BCUT2D eigenvalue weighted by atomic mass is 32.2. The van der Waals surface area contributed by atoms with Gasteiger partial charge in [-0.15, -0.1) is 11.3 Å². The normalized spacial score (nSPS) is 13.6. The van der Waals surface area contributed by atoms with Crippen LogP contribution in [-0.2, 0) is 16.6 Å². The number of hydrogen-bond acceptors (Lipinski definition) is 6. The molecule has 0 aliphatic heterocycles. The molecule has 0 atom stereocenters. The van der Waals surface area contributed by atoms with Crippen LogP contribution in [0.5, 0.6) is 0 Å². The molecular formula is C25H24N4O2S2. The van der Waals surface area contributed by atoms with Gasteiger partial charge in [0.1, 0.15) is 9.90 Å². The molecule has 0 radical (unpaired) electrons. The number of nitrogens with zero attached hydrogens (tertiary/aromatic N) is 3. The van der Waals surface area contributed by atoms with Gasteiger partial charge in [-0.1, -0.05) is 42.5 Å². The van der Waals surface area contributed by atoms with Crippen LogP contribution in [0.2, 0.25) is 0 Å². The van der Waals surface area contributed by atoms with Crippen molar-refractivity contribution >= 4 is 32.9 Å². The minimum absolute atomic E-state index is 0.214. The van der Waals surface area contributed by atoms with Crippen LogP contribution < -0.4 is 9.62 Å². The zero-order chi connectivity index (χ0) is 22.8. The Kier molecular flexibility index (Phi) is 5.86. The van der Waals surface area contributed by atoms with Crippen LogP contribution in [0, 0.1) is 0 Å². The van der Waals surface area contributed by atoms with E-state index in [1.807, 2.05) is 24.3 Å². The average molecular weight is 477 g/mol. The molecule has 0 amide bonds. The Balaban J connectivity index is 1.31. The van der Waals surface area contributed by atoms with E-state index < -0.39 is 10.0 Å². The van der Waals surface area contributed by atoms with Gasteiger partial charge in [0.25, 0.3) is 10.0 Å². The first-order chi connectivity index (χ1) is 16.0. The zero-order valence-electron chi connectivity index (χ0n) is 18.2. The first-order valence-electron chi connectivity index (χ1n) is 10.8. The van der Waals surface area contributed by atoms with Crippen LogP contribution in [0.15, 0.2) is 82.6 Å². The van der Waals surface area contributed by atoms with Crippen molar-refractivity contribution in [3.05, 3.63) is 89.6 Å². The number of thiophene rings is 1. The third kappa shape index (κ3) is 4.91. The standard InChI is InChI=1S/C25H24N4O2S2/c1-29(22-12-10-20(11-13-22)19-8-9-19)17-18-4-6-21(7-5-18)24-25(27-15-14-26-24)28-33(30,31)23-3-2-16-32-23/h2-7,10-16,19H,8-9,17H2,1H3,(H,27,28). The smallest absolute Gasteiger partial charge is 0.272 e. The van der Waals surface area contributed by atoms with Crippen LogP contribution in [0.25, 0.3) is 11.3 Å². The zero-order valence-corrected chi connectivity index (χ0v) is 19.8. The molecule has 8 heteroatoms. The van der Waals surface area contributed by atoms with E-state index in [4.69, 9.17) is 0 Å². The Hall–Kier alpha value is -3.23. The maximum Gasteiger partial charge on any atom is 0.272 e. The molecule has 0 unspecified atom stereocenters. The Labute approximate surface area is 198 Å². The molecule has 168 valence electrons. The van der Waals surface area contributed by atoms with Crippen molar-refractivity contribution in [1.82, 2.24) is 9.97 Å². The van der Waals surface area contributed by atoms with Crippen molar-refractivity contribution in [2.24, 2.45) is 0 Å². The number of aromatic nitrogens is 2. The van der Waals surface area contributed by atoms with E-state index >= 15 is 0 Å². The lowest BCUT2D eigenvalue weighted by Gasteiger charge is -2.20. The average Bonchev–Trinajstić information content (AvgIpc) is 3.52. The summed E-state index contributed by atoms with van der Waals surface area (Å²) in [6.45, 7) is 0.765. The second kappa shape index (κ2) is 8.96. The van der Waals surface area contributed by atoms with Gasteiger partial charge in [0.15, 0.2) is 5.82 Å². The summed E-state index contributed by atoms with van der Waals surface area (Å²) in [7, 11) is -1.62. The topological polar surface area (TPSA) is 75.2 Å². The van der Waals surface area contributed by atoms with Crippen LogP contribution in [0.1, 0.15) is 29.9 Å². The van der Waals surface area contributed by atoms with Gasteiger partial charge in [-0.25, -0.2) is 13.4 Å². The van der Waals surface area contributed by atoms with Crippen molar-refractivity contribution in [3.63, 3.8) is 0 Å². The molecule has 2 aromatic carbocycles. The molecule has 2 heterocycles. The maximum atomic E-state index is 12.6. The molecule has 2 aromatic heterocycles. The molecule has 4 aromatic rings. The summed E-state index contributed by atoms with van der Waals surface area (Å²) in [6.07, 6.45) is 5.66. The lowest BCUT2D eigenvalue weighted by Crippen LogP contribution is -2.16. The number of rotatable bonds is 8. The summed E-state index contributed by atoms with van der Waals surface area (Å²) in [5.41, 5.74) is 5.06. The Bertz CT molecular complexity index is 1330. The fraction of sp³-hybridized carbons (Fsp3) is 0.200. The van der Waals surface area contributed by atoms with Gasteiger partial charge < -0.3 is 4.90 Å². The molecule has 1 fully saturated rings. The number of anilines is 2. The molecule has 1 aliphatic carbocycles. The van der Waals surface area contributed by atoms with Gasteiger partial charge in [-0.2, -0.15) is 0 Å². The lowest BCUT2D eigenvalue weighted by atomic mass is 10.1. The third-order valence-electron chi connectivity index (χ3n) is 5.72. The van der Waals surface area contributed by atoms with Crippen molar-refractivity contribution < 1.29 is 8.42 Å². The fourth-order valence-electron chi connectivity index (χ4n) is 3.77. The summed E-state index contributed by atoms with van der Waals surface area (Å²) >= 11 is 1.16. The van der Waals surface area contributed by atoms with E-state index in [-0.39, 0.29) is 10.0 Å². The van der Waals surface area contributed by atoms with Gasteiger partial charge in [-0.05, 0) is 53.5 Å². The molecule has 1 N–H and O–H groups in total. The van der Waals surface area contributed by atoms with Gasteiger partial charge >= 0.3 is 0 Å². The summed E-state index contributed by atoms with van der Waals surface area (Å²) < 4.78 is 28.1. The minimum atomic E-state index is -3.70. The summed E-state index contributed by atoms with van der Waals surface area (Å²) in [4.78, 5) is 10.8. The molecule has 5 rings (SSSR count). The lowest BCUT2D eigenvalue weighted by molar-refractivity contribution is 0.603. The monoisotopic (exact) mass is 476 g/mol. The van der Waals surface area contributed by atoms with E-state index in [0.29, 0.717) is 5.69 Å². The van der Waals surface area contributed by atoms with Crippen molar-refractivity contribution in [2.75, 3.05) is 16.7 Å². The molecule has 0 spiro atoms. The number of nitrogens with one attached hydrogen (secondary N) is 1. The van der Waals surface area contributed by atoms with Crippen LogP contribution >= 0.6 is 11.3 Å². The van der Waals surface area contributed by atoms with E-state index in [9.17, 15) is 8.42 Å². The Morgan fingerprint density at radius 2 is 1.73 bits per heavy atom. The minimum Gasteiger partial charge on any atom is -0.370 e. The van der Waals surface area contributed by atoms with Crippen LogP contribution in [0.4, 0.5) is 11.5 Å². The van der Waals surface area contributed by atoms with Gasteiger partial charge in [-0.3, -0.25) is 9.71 Å². The Morgan fingerprint density at radius 1 is 1.00 bits per heavy atom. The molecule has 1 aliphatic rings. The summed E-state index contributed by atoms with van der Waals surface area (Å²) in [5, 5.41) is 1.73. The highest BCUT2D eigenvalue weighted by Gasteiger charge is 2.23. The second-order valence-corrected chi connectivity index (χ2v) is 11.1. The molecule has 1 saturated carbocycles. The van der Waals surface area contributed by atoms with Crippen molar-refractivity contribution in [3.8, 4) is 11.3 Å². The summed E-state index contributed by atoms with van der Waals surface area (Å²) in [6, 6.07) is 20.1.